The van der Waals surface area contributed by atoms with Crippen molar-refractivity contribution in [2.45, 2.75) is 11.8 Å². The number of nitrogens with one attached hydrogen (secondary N) is 1. The van der Waals surface area contributed by atoms with Crippen molar-refractivity contribution in [3.05, 3.63) is 30.0 Å². The number of fused-ring (bicyclic) bond motifs is 1. The standard InChI is InChI=1S/C11H14NS.ClH/c1-8-4-5-9-10(6-8)12-7-11(9)13(2)3;/h4-7,12H,1-3H3;1H/q+1;/p-1. The van der Waals surface area contributed by atoms with Gasteiger partial charge in [-0.1, -0.05) is 6.07 Å². The minimum Gasteiger partial charge on any atom is -1.00 e. The van der Waals surface area contributed by atoms with Gasteiger partial charge in [0, 0.05) is 10.9 Å². The Morgan fingerprint density at radius 2 is 1.93 bits per heavy atom. The summed E-state index contributed by atoms with van der Waals surface area (Å²) in [5, 5.41) is 1.37. The first-order valence-corrected chi connectivity index (χ1v) is 6.38. The monoisotopic (exact) mass is 227 g/mol. The predicted molar refractivity (Wildman–Crippen MR) is 60.5 cm³/mol. The molecule has 14 heavy (non-hydrogen) atoms. The van der Waals surface area contributed by atoms with Crippen molar-refractivity contribution in [1.82, 2.24) is 4.98 Å². The van der Waals surface area contributed by atoms with Gasteiger partial charge in [0.2, 0.25) is 0 Å². The zero-order chi connectivity index (χ0) is 9.42. The molecule has 2 rings (SSSR count). The summed E-state index contributed by atoms with van der Waals surface area (Å²) >= 11 is 0. The highest BCUT2D eigenvalue weighted by Gasteiger charge is 2.14. The SMILES string of the molecule is Cc1ccc2c([S+](C)C)c[nH]c2c1.[Cl-]. The van der Waals surface area contributed by atoms with Crippen molar-refractivity contribution in [3.8, 4) is 0 Å². The Morgan fingerprint density at radius 1 is 1.21 bits per heavy atom. The third kappa shape index (κ3) is 1.91. The van der Waals surface area contributed by atoms with Gasteiger partial charge in [-0.25, -0.2) is 0 Å². The third-order valence-corrected chi connectivity index (χ3v) is 3.46. The molecule has 0 aliphatic carbocycles. The summed E-state index contributed by atoms with van der Waals surface area (Å²) in [7, 11) is 0.340. The maximum absolute atomic E-state index is 3.32. The van der Waals surface area contributed by atoms with Crippen LogP contribution in [0, 0.1) is 6.92 Å². The summed E-state index contributed by atoms with van der Waals surface area (Å²) in [6.07, 6.45) is 6.64. The van der Waals surface area contributed by atoms with Gasteiger partial charge in [0.25, 0.3) is 0 Å². The van der Waals surface area contributed by atoms with E-state index in [-0.39, 0.29) is 12.4 Å². The smallest absolute Gasteiger partial charge is 0.179 e. The Hall–Kier alpha value is -0.600. The van der Waals surface area contributed by atoms with Crippen molar-refractivity contribution in [2.24, 2.45) is 0 Å². The lowest BCUT2D eigenvalue weighted by Gasteiger charge is -1.94. The molecular weight excluding hydrogens is 214 g/mol. The molecule has 3 heteroatoms. The number of hydrogen-bond donors (Lipinski definition) is 1. The molecule has 0 bridgehead atoms. The molecule has 0 aliphatic heterocycles. The third-order valence-electron chi connectivity index (χ3n) is 2.24. The summed E-state index contributed by atoms with van der Waals surface area (Å²) < 4.78 is 0. The van der Waals surface area contributed by atoms with Crippen LogP contribution in [0.5, 0.6) is 0 Å². The van der Waals surface area contributed by atoms with E-state index < -0.39 is 0 Å². The van der Waals surface area contributed by atoms with Crippen LogP contribution in [0.3, 0.4) is 0 Å². The van der Waals surface area contributed by atoms with Crippen molar-refractivity contribution in [2.75, 3.05) is 12.5 Å². The lowest BCUT2D eigenvalue weighted by Crippen LogP contribution is -3.00. The highest BCUT2D eigenvalue weighted by atomic mass is 35.5. The van der Waals surface area contributed by atoms with Gasteiger partial charge < -0.3 is 17.4 Å². The Bertz CT molecular complexity index is 434. The second-order valence-corrected chi connectivity index (χ2v) is 5.59. The van der Waals surface area contributed by atoms with E-state index in [4.69, 9.17) is 0 Å². The second kappa shape index (κ2) is 4.28. The van der Waals surface area contributed by atoms with E-state index in [9.17, 15) is 0 Å². The summed E-state index contributed by atoms with van der Waals surface area (Å²) in [6.45, 7) is 2.12. The molecule has 76 valence electrons. The van der Waals surface area contributed by atoms with E-state index in [2.05, 4.69) is 48.8 Å². The maximum Gasteiger partial charge on any atom is 0.179 e. The molecule has 1 N–H and O–H groups in total. The van der Waals surface area contributed by atoms with E-state index in [0.29, 0.717) is 10.9 Å². The summed E-state index contributed by atoms with van der Waals surface area (Å²) in [5.74, 6) is 0. The minimum absolute atomic E-state index is 0. The average molecular weight is 228 g/mol. The van der Waals surface area contributed by atoms with Crippen LogP contribution in [0.1, 0.15) is 5.56 Å². The van der Waals surface area contributed by atoms with Crippen LogP contribution in [0.2, 0.25) is 0 Å². The molecule has 0 atom stereocenters. The van der Waals surface area contributed by atoms with Crippen LogP contribution in [0.15, 0.2) is 29.3 Å². The number of rotatable bonds is 1. The Kier molecular flexibility index (Phi) is 3.51. The van der Waals surface area contributed by atoms with Gasteiger partial charge in [-0.05, 0) is 24.6 Å². The molecule has 0 amide bonds. The number of aromatic amines is 1. The molecule has 1 aromatic heterocycles. The molecule has 2 aromatic rings. The molecule has 1 nitrogen and oxygen atoms in total. The van der Waals surface area contributed by atoms with Crippen LogP contribution in [0.25, 0.3) is 10.9 Å². The fourth-order valence-electron chi connectivity index (χ4n) is 1.55. The van der Waals surface area contributed by atoms with E-state index in [1.165, 1.54) is 21.4 Å². The van der Waals surface area contributed by atoms with Gasteiger partial charge in [0.15, 0.2) is 4.90 Å². The lowest BCUT2D eigenvalue weighted by atomic mass is 10.2. The molecule has 0 radical (unpaired) electrons. The fourth-order valence-corrected chi connectivity index (χ4v) is 2.46. The first-order valence-electron chi connectivity index (χ1n) is 4.34. The van der Waals surface area contributed by atoms with Gasteiger partial charge in [-0.3, -0.25) is 0 Å². The average Bonchev–Trinajstić information content (AvgIpc) is 2.46. The quantitative estimate of drug-likeness (QED) is 0.645. The molecule has 1 heterocycles. The summed E-state index contributed by atoms with van der Waals surface area (Å²) in [5.41, 5.74) is 2.57. The molecule has 0 fully saturated rings. The molecule has 0 saturated heterocycles. The number of aromatic nitrogens is 1. The van der Waals surface area contributed by atoms with Crippen LogP contribution >= 0.6 is 0 Å². The topological polar surface area (TPSA) is 15.8 Å². The van der Waals surface area contributed by atoms with Gasteiger partial charge in [0.1, 0.15) is 12.5 Å². The highest BCUT2D eigenvalue weighted by molar-refractivity contribution is 7.95. The molecule has 0 aliphatic rings. The van der Waals surface area contributed by atoms with E-state index >= 15 is 0 Å². The number of H-pyrrole nitrogens is 1. The van der Waals surface area contributed by atoms with Crippen molar-refractivity contribution in [3.63, 3.8) is 0 Å². The molecule has 0 unspecified atom stereocenters. The largest absolute Gasteiger partial charge is 1.00 e. The fraction of sp³-hybridized carbons (Fsp3) is 0.273. The van der Waals surface area contributed by atoms with Crippen LogP contribution in [-0.2, 0) is 10.9 Å². The first kappa shape index (κ1) is 11.5. The Balaban J connectivity index is 0.000000980. The van der Waals surface area contributed by atoms with E-state index in [0.717, 1.165) is 0 Å². The van der Waals surface area contributed by atoms with Gasteiger partial charge >= 0.3 is 0 Å². The maximum atomic E-state index is 3.32. The lowest BCUT2D eigenvalue weighted by molar-refractivity contribution is -0.00000288. The van der Waals surface area contributed by atoms with Crippen molar-refractivity contribution < 1.29 is 12.4 Å². The van der Waals surface area contributed by atoms with E-state index in [1.807, 2.05) is 0 Å². The number of halogens is 1. The van der Waals surface area contributed by atoms with Crippen LogP contribution in [-0.4, -0.2) is 17.5 Å². The number of hydrogen-bond acceptors (Lipinski definition) is 0. The first-order chi connectivity index (χ1) is 6.18. The van der Waals surface area contributed by atoms with Gasteiger partial charge in [-0.2, -0.15) is 0 Å². The molecule has 0 spiro atoms. The Morgan fingerprint density at radius 3 is 2.57 bits per heavy atom. The highest BCUT2D eigenvalue weighted by Crippen LogP contribution is 2.23. The number of aryl methyl sites for hydroxylation is 1. The molecular formula is C11H14ClNS. The van der Waals surface area contributed by atoms with E-state index in [1.54, 1.807) is 0 Å². The predicted octanol–water partition coefficient (Wildman–Crippen LogP) is -0.283. The zero-order valence-electron chi connectivity index (χ0n) is 8.60. The van der Waals surface area contributed by atoms with Crippen LogP contribution in [0.4, 0.5) is 0 Å². The number of benzene rings is 1. The Labute approximate surface area is 93.7 Å². The summed E-state index contributed by atoms with van der Waals surface area (Å²) in [4.78, 5) is 4.76. The van der Waals surface area contributed by atoms with Gasteiger partial charge in [-0.15, -0.1) is 0 Å². The molecule has 0 saturated carbocycles. The second-order valence-electron chi connectivity index (χ2n) is 3.52. The summed E-state index contributed by atoms with van der Waals surface area (Å²) in [6, 6.07) is 6.59. The minimum atomic E-state index is 0. The zero-order valence-corrected chi connectivity index (χ0v) is 10.2. The normalized spacial score (nSPS) is 10.6. The van der Waals surface area contributed by atoms with Gasteiger partial charge in [0.05, 0.1) is 17.1 Å². The van der Waals surface area contributed by atoms with Crippen molar-refractivity contribution >= 4 is 21.8 Å². The molecule has 1 aromatic carbocycles. The van der Waals surface area contributed by atoms with Crippen LogP contribution < -0.4 is 12.4 Å². The van der Waals surface area contributed by atoms with Crippen molar-refractivity contribution in [1.29, 1.82) is 0 Å².